The SMILES string of the molecule is CC(Nc1ccncc1Br)c1ccsc1. The molecule has 2 nitrogen and oxygen atoms in total. The molecule has 0 aliphatic heterocycles. The number of aromatic nitrogens is 1. The van der Waals surface area contributed by atoms with Crippen molar-refractivity contribution in [3.63, 3.8) is 0 Å². The van der Waals surface area contributed by atoms with E-state index in [1.54, 1.807) is 23.7 Å². The second-order valence-electron chi connectivity index (χ2n) is 3.28. The summed E-state index contributed by atoms with van der Waals surface area (Å²) >= 11 is 5.18. The molecular formula is C11H11BrN2S. The summed E-state index contributed by atoms with van der Waals surface area (Å²) in [6, 6.07) is 4.42. The van der Waals surface area contributed by atoms with Gasteiger partial charge >= 0.3 is 0 Å². The predicted molar refractivity (Wildman–Crippen MR) is 68.3 cm³/mol. The zero-order valence-electron chi connectivity index (χ0n) is 8.27. The molecule has 0 amide bonds. The quantitative estimate of drug-likeness (QED) is 0.918. The summed E-state index contributed by atoms with van der Waals surface area (Å²) in [5.41, 5.74) is 2.38. The van der Waals surface area contributed by atoms with Gasteiger partial charge in [-0.25, -0.2) is 0 Å². The van der Waals surface area contributed by atoms with Gasteiger partial charge in [-0.2, -0.15) is 11.3 Å². The van der Waals surface area contributed by atoms with E-state index in [9.17, 15) is 0 Å². The lowest BCUT2D eigenvalue weighted by Gasteiger charge is -2.14. The Balaban J connectivity index is 2.13. The van der Waals surface area contributed by atoms with Gasteiger partial charge in [-0.3, -0.25) is 4.98 Å². The molecule has 15 heavy (non-hydrogen) atoms. The van der Waals surface area contributed by atoms with Crippen LogP contribution in [0.2, 0.25) is 0 Å². The zero-order valence-corrected chi connectivity index (χ0v) is 10.7. The van der Waals surface area contributed by atoms with Crippen LogP contribution in [0.25, 0.3) is 0 Å². The molecule has 0 saturated heterocycles. The molecule has 2 aromatic heterocycles. The number of anilines is 1. The molecule has 0 saturated carbocycles. The van der Waals surface area contributed by atoms with Crippen LogP contribution >= 0.6 is 27.3 Å². The third kappa shape index (κ3) is 2.58. The maximum absolute atomic E-state index is 4.03. The van der Waals surface area contributed by atoms with Gasteiger partial charge in [-0.1, -0.05) is 0 Å². The van der Waals surface area contributed by atoms with E-state index in [2.05, 4.69) is 50.0 Å². The van der Waals surface area contributed by atoms with Gasteiger partial charge < -0.3 is 5.32 Å². The van der Waals surface area contributed by atoms with E-state index in [1.165, 1.54) is 5.56 Å². The van der Waals surface area contributed by atoms with Crippen LogP contribution in [-0.2, 0) is 0 Å². The van der Waals surface area contributed by atoms with Gasteiger partial charge in [0, 0.05) is 18.4 Å². The summed E-state index contributed by atoms with van der Waals surface area (Å²) in [6.07, 6.45) is 3.58. The number of halogens is 1. The van der Waals surface area contributed by atoms with E-state index >= 15 is 0 Å². The Hall–Kier alpha value is -0.870. The highest BCUT2D eigenvalue weighted by Crippen LogP contribution is 2.26. The number of hydrogen-bond acceptors (Lipinski definition) is 3. The van der Waals surface area contributed by atoms with Crippen LogP contribution < -0.4 is 5.32 Å². The molecule has 0 bridgehead atoms. The van der Waals surface area contributed by atoms with Gasteiger partial charge in [-0.15, -0.1) is 0 Å². The average Bonchev–Trinajstić information content (AvgIpc) is 2.74. The fourth-order valence-corrected chi connectivity index (χ4v) is 2.45. The number of thiophene rings is 1. The second-order valence-corrected chi connectivity index (χ2v) is 4.91. The summed E-state index contributed by atoms with van der Waals surface area (Å²) < 4.78 is 0.993. The number of rotatable bonds is 3. The van der Waals surface area contributed by atoms with E-state index in [4.69, 9.17) is 0 Å². The van der Waals surface area contributed by atoms with E-state index in [-0.39, 0.29) is 0 Å². The minimum absolute atomic E-state index is 0.315. The van der Waals surface area contributed by atoms with Gasteiger partial charge in [0.2, 0.25) is 0 Å². The molecule has 4 heteroatoms. The molecular weight excluding hydrogens is 272 g/mol. The molecule has 0 aromatic carbocycles. The zero-order chi connectivity index (χ0) is 10.7. The fraction of sp³-hybridized carbons (Fsp3) is 0.182. The fourth-order valence-electron chi connectivity index (χ4n) is 1.33. The molecule has 2 rings (SSSR count). The lowest BCUT2D eigenvalue weighted by Crippen LogP contribution is -2.05. The average molecular weight is 283 g/mol. The molecule has 1 N–H and O–H groups in total. The normalized spacial score (nSPS) is 12.4. The lowest BCUT2D eigenvalue weighted by molar-refractivity contribution is 0.888. The molecule has 0 fully saturated rings. The molecule has 1 unspecified atom stereocenters. The molecule has 2 aromatic rings. The minimum Gasteiger partial charge on any atom is -0.377 e. The van der Waals surface area contributed by atoms with Crippen molar-refractivity contribution in [1.82, 2.24) is 4.98 Å². The van der Waals surface area contributed by atoms with Crippen LogP contribution in [0.15, 0.2) is 39.8 Å². The van der Waals surface area contributed by atoms with Crippen LogP contribution in [0.1, 0.15) is 18.5 Å². The standard InChI is InChI=1S/C11H11BrN2S/c1-8(9-3-5-15-7-9)14-11-2-4-13-6-10(11)12/h2-8H,1H3,(H,13,14). The summed E-state index contributed by atoms with van der Waals surface area (Å²) in [4.78, 5) is 4.03. The first-order valence-corrected chi connectivity index (χ1v) is 6.39. The second kappa shape index (κ2) is 4.77. The Morgan fingerprint density at radius 1 is 1.47 bits per heavy atom. The number of pyridine rings is 1. The van der Waals surface area contributed by atoms with Crippen molar-refractivity contribution in [2.75, 3.05) is 5.32 Å². The summed E-state index contributed by atoms with van der Waals surface area (Å²) in [7, 11) is 0. The molecule has 78 valence electrons. The molecule has 0 aliphatic rings. The van der Waals surface area contributed by atoms with Crippen molar-refractivity contribution in [3.8, 4) is 0 Å². The van der Waals surface area contributed by atoms with Gasteiger partial charge in [0.05, 0.1) is 10.2 Å². The maximum atomic E-state index is 4.03. The van der Waals surface area contributed by atoms with E-state index in [1.807, 2.05) is 6.07 Å². The number of nitrogens with zero attached hydrogens (tertiary/aromatic N) is 1. The molecule has 1 atom stereocenters. The topological polar surface area (TPSA) is 24.9 Å². The van der Waals surface area contributed by atoms with Crippen LogP contribution in [0.3, 0.4) is 0 Å². The summed E-state index contributed by atoms with van der Waals surface area (Å²) in [5, 5.41) is 7.68. The Morgan fingerprint density at radius 2 is 2.33 bits per heavy atom. The third-order valence-electron chi connectivity index (χ3n) is 2.19. The molecule has 0 radical (unpaired) electrons. The molecule has 2 heterocycles. The van der Waals surface area contributed by atoms with Gasteiger partial charge in [0.1, 0.15) is 0 Å². The van der Waals surface area contributed by atoms with Crippen LogP contribution in [-0.4, -0.2) is 4.98 Å². The highest BCUT2D eigenvalue weighted by Gasteiger charge is 2.07. The van der Waals surface area contributed by atoms with E-state index in [0.29, 0.717) is 6.04 Å². The first-order valence-electron chi connectivity index (χ1n) is 4.65. The highest BCUT2D eigenvalue weighted by atomic mass is 79.9. The van der Waals surface area contributed by atoms with Crippen LogP contribution in [0, 0.1) is 0 Å². The first-order chi connectivity index (χ1) is 7.27. The number of nitrogens with one attached hydrogen (secondary N) is 1. The Kier molecular flexibility index (Phi) is 3.38. The van der Waals surface area contributed by atoms with E-state index < -0.39 is 0 Å². The summed E-state index contributed by atoms with van der Waals surface area (Å²) in [6.45, 7) is 2.15. The van der Waals surface area contributed by atoms with Crippen molar-refractivity contribution in [2.24, 2.45) is 0 Å². The minimum atomic E-state index is 0.315. The predicted octanol–water partition coefficient (Wildman–Crippen LogP) is 4.08. The van der Waals surface area contributed by atoms with Gasteiger partial charge in [-0.05, 0) is 51.3 Å². The Morgan fingerprint density at radius 3 is 3.00 bits per heavy atom. The van der Waals surface area contributed by atoms with Crippen LogP contribution in [0.5, 0.6) is 0 Å². The maximum Gasteiger partial charge on any atom is 0.0590 e. The summed E-state index contributed by atoms with van der Waals surface area (Å²) in [5.74, 6) is 0. The third-order valence-corrected chi connectivity index (χ3v) is 3.52. The number of hydrogen-bond donors (Lipinski definition) is 1. The van der Waals surface area contributed by atoms with Crippen molar-refractivity contribution >= 4 is 33.0 Å². The van der Waals surface area contributed by atoms with Crippen molar-refractivity contribution in [3.05, 3.63) is 45.3 Å². The largest absolute Gasteiger partial charge is 0.377 e. The lowest BCUT2D eigenvalue weighted by atomic mass is 10.2. The van der Waals surface area contributed by atoms with Crippen molar-refractivity contribution in [2.45, 2.75) is 13.0 Å². The van der Waals surface area contributed by atoms with Gasteiger partial charge in [0.15, 0.2) is 0 Å². The molecule has 0 spiro atoms. The van der Waals surface area contributed by atoms with Gasteiger partial charge in [0.25, 0.3) is 0 Å². The monoisotopic (exact) mass is 282 g/mol. The van der Waals surface area contributed by atoms with Crippen LogP contribution in [0.4, 0.5) is 5.69 Å². The smallest absolute Gasteiger partial charge is 0.0590 e. The molecule has 0 aliphatic carbocycles. The van der Waals surface area contributed by atoms with Crippen molar-refractivity contribution < 1.29 is 0 Å². The Bertz CT molecular complexity index is 428. The highest BCUT2D eigenvalue weighted by molar-refractivity contribution is 9.10. The Labute approximate surface area is 101 Å². The first kappa shape index (κ1) is 10.6. The van der Waals surface area contributed by atoms with E-state index in [0.717, 1.165) is 10.2 Å². The van der Waals surface area contributed by atoms with Crippen molar-refractivity contribution in [1.29, 1.82) is 0 Å².